The Hall–Kier alpha value is -2.50. The Bertz CT molecular complexity index is 740. The van der Waals surface area contributed by atoms with Crippen molar-refractivity contribution >= 4 is 0 Å². The molecule has 0 aliphatic carbocycles. The van der Waals surface area contributed by atoms with Gasteiger partial charge in [-0.05, 0) is 17.7 Å². The van der Waals surface area contributed by atoms with Gasteiger partial charge in [0.05, 0.1) is 11.8 Å². The summed E-state index contributed by atoms with van der Waals surface area (Å²) in [5.41, 5.74) is 4.00. The van der Waals surface area contributed by atoms with E-state index in [-0.39, 0.29) is 0 Å². The summed E-state index contributed by atoms with van der Waals surface area (Å²) in [6.45, 7) is 1.14. The summed E-state index contributed by atoms with van der Waals surface area (Å²) >= 11 is 0. The number of hydrogen-bond donors (Lipinski definition) is 2. The van der Waals surface area contributed by atoms with Crippen LogP contribution in [0, 0.1) is 0 Å². The number of aryl methyl sites for hydroxylation is 1. The average molecular weight is 308 g/mol. The zero-order valence-corrected chi connectivity index (χ0v) is 13.1. The molecule has 3 rings (SSSR count). The van der Waals surface area contributed by atoms with Crippen LogP contribution in [0.2, 0.25) is 0 Å². The lowest BCUT2D eigenvalue weighted by Crippen LogP contribution is -2.21. The van der Waals surface area contributed by atoms with Crippen molar-refractivity contribution in [2.75, 3.05) is 6.54 Å². The molecule has 0 aliphatic rings. The summed E-state index contributed by atoms with van der Waals surface area (Å²) in [6, 6.07) is 13.6. The van der Waals surface area contributed by atoms with Gasteiger partial charge < -0.3 is 10.4 Å². The predicted octanol–water partition coefficient (Wildman–Crippen LogP) is 2.31. The molecule has 0 saturated heterocycles. The Morgan fingerprint density at radius 2 is 1.87 bits per heavy atom. The van der Waals surface area contributed by atoms with Crippen LogP contribution in [0.25, 0.3) is 11.3 Å². The van der Waals surface area contributed by atoms with Crippen LogP contribution in [0.4, 0.5) is 0 Å². The van der Waals surface area contributed by atoms with Gasteiger partial charge in [0.25, 0.3) is 0 Å². The van der Waals surface area contributed by atoms with Gasteiger partial charge in [-0.15, -0.1) is 0 Å². The van der Waals surface area contributed by atoms with E-state index in [0.717, 1.165) is 22.4 Å². The highest BCUT2D eigenvalue weighted by Crippen LogP contribution is 2.21. The maximum absolute atomic E-state index is 10.2. The van der Waals surface area contributed by atoms with Crippen molar-refractivity contribution < 1.29 is 5.11 Å². The summed E-state index contributed by atoms with van der Waals surface area (Å²) < 4.78 is 1.81. The fourth-order valence-corrected chi connectivity index (χ4v) is 2.56. The lowest BCUT2D eigenvalue weighted by molar-refractivity contribution is 0.174. The number of nitrogens with one attached hydrogen (secondary N) is 1. The number of aliphatic hydroxyl groups excluding tert-OH is 1. The summed E-state index contributed by atoms with van der Waals surface area (Å²) in [4.78, 5) is 4.04. The number of aliphatic hydroxyl groups is 1. The van der Waals surface area contributed by atoms with E-state index in [4.69, 9.17) is 0 Å². The van der Waals surface area contributed by atoms with Crippen molar-refractivity contribution in [2.24, 2.45) is 7.05 Å². The monoisotopic (exact) mass is 308 g/mol. The summed E-state index contributed by atoms with van der Waals surface area (Å²) in [7, 11) is 1.91. The molecule has 5 heteroatoms. The Morgan fingerprint density at radius 1 is 1.13 bits per heavy atom. The molecular weight excluding hydrogens is 288 g/mol. The van der Waals surface area contributed by atoms with Gasteiger partial charge >= 0.3 is 0 Å². The molecule has 1 unspecified atom stereocenters. The maximum Gasteiger partial charge on any atom is 0.0969 e. The van der Waals surface area contributed by atoms with Crippen molar-refractivity contribution in [1.82, 2.24) is 20.1 Å². The van der Waals surface area contributed by atoms with Gasteiger partial charge in [-0.2, -0.15) is 5.10 Å². The van der Waals surface area contributed by atoms with Crippen molar-refractivity contribution in [3.05, 3.63) is 72.2 Å². The lowest BCUT2D eigenvalue weighted by Gasteiger charge is -2.12. The minimum Gasteiger partial charge on any atom is -0.387 e. The average Bonchev–Trinajstić information content (AvgIpc) is 2.97. The summed E-state index contributed by atoms with van der Waals surface area (Å²) in [5, 5.41) is 18.0. The zero-order chi connectivity index (χ0) is 16.1. The van der Waals surface area contributed by atoms with Crippen LogP contribution < -0.4 is 5.32 Å². The number of benzene rings is 1. The SMILES string of the molecule is Cn1cc(CNCC(O)c2ccccc2)c(-c2ccncc2)n1. The van der Waals surface area contributed by atoms with E-state index in [1.54, 1.807) is 17.1 Å². The molecule has 0 bridgehead atoms. The van der Waals surface area contributed by atoms with Gasteiger partial charge in [-0.3, -0.25) is 9.67 Å². The Morgan fingerprint density at radius 3 is 2.61 bits per heavy atom. The minimum absolute atomic E-state index is 0.495. The molecule has 118 valence electrons. The molecule has 23 heavy (non-hydrogen) atoms. The molecule has 2 N–H and O–H groups in total. The van der Waals surface area contributed by atoms with E-state index >= 15 is 0 Å². The molecule has 0 radical (unpaired) electrons. The largest absolute Gasteiger partial charge is 0.387 e. The van der Waals surface area contributed by atoms with Crippen LogP contribution in [0.15, 0.2) is 61.1 Å². The van der Waals surface area contributed by atoms with E-state index in [2.05, 4.69) is 15.4 Å². The second-order valence-corrected chi connectivity index (χ2v) is 5.47. The normalized spacial score (nSPS) is 12.3. The highest BCUT2D eigenvalue weighted by atomic mass is 16.3. The lowest BCUT2D eigenvalue weighted by atomic mass is 10.1. The molecule has 1 aromatic carbocycles. The third-order valence-electron chi connectivity index (χ3n) is 3.70. The number of nitrogens with zero attached hydrogens (tertiary/aromatic N) is 3. The van der Waals surface area contributed by atoms with Crippen LogP contribution in [0.3, 0.4) is 0 Å². The van der Waals surface area contributed by atoms with Crippen LogP contribution >= 0.6 is 0 Å². The van der Waals surface area contributed by atoms with Crippen molar-refractivity contribution in [3.63, 3.8) is 0 Å². The first-order valence-corrected chi connectivity index (χ1v) is 7.60. The molecule has 0 saturated carbocycles. The van der Waals surface area contributed by atoms with Crippen molar-refractivity contribution in [3.8, 4) is 11.3 Å². The molecule has 0 amide bonds. The third-order valence-corrected chi connectivity index (χ3v) is 3.70. The molecule has 0 aliphatic heterocycles. The Balaban J connectivity index is 1.65. The summed E-state index contributed by atoms with van der Waals surface area (Å²) in [5.74, 6) is 0. The zero-order valence-electron chi connectivity index (χ0n) is 13.1. The molecular formula is C18H20N4O. The molecule has 2 aromatic heterocycles. The Labute approximate surface area is 135 Å². The van der Waals surface area contributed by atoms with Crippen molar-refractivity contribution in [2.45, 2.75) is 12.6 Å². The second kappa shape index (κ2) is 7.17. The van der Waals surface area contributed by atoms with E-state index in [1.165, 1.54) is 0 Å². The smallest absolute Gasteiger partial charge is 0.0969 e. The van der Waals surface area contributed by atoms with Crippen LogP contribution in [-0.2, 0) is 13.6 Å². The van der Waals surface area contributed by atoms with Gasteiger partial charge in [0.1, 0.15) is 0 Å². The molecule has 2 heterocycles. The van der Waals surface area contributed by atoms with Gasteiger partial charge in [0.15, 0.2) is 0 Å². The minimum atomic E-state index is -0.516. The van der Waals surface area contributed by atoms with Gasteiger partial charge in [-0.25, -0.2) is 0 Å². The highest BCUT2D eigenvalue weighted by molar-refractivity contribution is 5.61. The first-order valence-electron chi connectivity index (χ1n) is 7.60. The van der Waals surface area contributed by atoms with E-state index in [1.807, 2.05) is 55.7 Å². The number of aromatic nitrogens is 3. The Kier molecular flexibility index (Phi) is 4.80. The van der Waals surface area contributed by atoms with E-state index < -0.39 is 6.10 Å². The highest BCUT2D eigenvalue weighted by Gasteiger charge is 2.11. The van der Waals surface area contributed by atoms with Gasteiger partial charge in [0, 0.05) is 49.9 Å². The number of pyridine rings is 1. The van der Waals surface area contributed by atoms with Crippen LogP contribution in [0.5, 0.6) is 0 Å². The topological polar surface area (TPSA) is 63.0 Å². The standard InChI is InChI=1S/C18H20N4O/c1-22-13-16(18(21-22)15-7-9-19-10-8-15)11-20-12-17(23)14-5-3-2-4-6-14/h2-10,13,17,20,23H,11-12H2,1H3. The number of hydrogen-bond acceptors (Lipinski definition) is 4. The summed E-state index contributed by atoms with van der Waals surface area (Å²) in [6.07, 6.45) is 5.01. The fourth-order valence-electron chi connectivity index (χ4n) is 2.56. The van der Waals surface area contributed by atoms with Crippen molar-refractivity contribution in [1.29, 1.82) is 0 Å². The quantitative estimate of drug-likeness (QED) is 0.733. The number of rotatable bonds is 6. The predicted molar refractivity (Wildman–Crippen MR) is 89.5 cm³/mol. The first kappa shape index (κ1) is 15.4. The van der Waals surface area contributed by atoms with Gasteiger partial charge in [0.2, 0.25) is 0 Å². The second-order valence-electron chi connectivity index (χ2n) is 5.47. The first-order chi connectivity index (χ1) is 11.2. The molecule has 0 fully saturated rings. The molecule has 0 spiro atoms. The van der Waals surface area contributed by atoms with Gasteiger partial charge in [-0.1, -0.05) is 30.3 Å². The molecule has 5 nitrogen and oxygen atoms in total. The van der Waals surface area contributed by atoms with E-state index in [0.29, 0.717) is 13.1 Å². The molecule has 3 aromatic rings. The fraction of sp³-hybridized carbons (Fsp3) is 0.222. The van der Waals surface area contributed by atoms with Crippen LogP contribution in [-0.4, -0.2) is 26.4 Å². The third kappa shape index (κ3) is 3.83. The maximum atomic E-state index is 10.2. The van der Waals surface area contributed by atoms with E-state index in [9.17, 15) is 5.11 Å². The van der Waals surface area contributed by atoms with Crippen LogP contribution in [0.1, 0.15) is 17.2 Å². The molecule has 1 atom stereocenters.